The van der Waals surface area contributed by atoms with Crippen molar-refractivity contribution in [3.05, 3.63) is 24.9 Å². The quantitative estimate of drug-likeness (QED) is 0.156. The number of rotatable bonds is 17. The molecule has 2 heterocycles. The molecular formula is C24H31F9N2O3. The van der Waals surface area contributed by atoms with Crippen molar-refractivity contribution in [3.63, 3.8) is 0 Å². The summed E-state index contributed by atoms with van der Waals surface area (Å²) < 4.78 is 128. The van der Waals surface area contributed by atoms with Crippen LogP contribution in [0.1, 0.15) is 70.6 Å². The lowest BCUT2D eigenvalue weighted by atomic mass is 10.0. The minimum atomic E-state index is -6.92. The second-order valence-corrected chi connectivity index (χ2v) is 9.12. The first kappa shape index (κ1) is 31.7. The topological polar surface area (TPSA) is 52.5 Å². The molecule has 0 radical (unpaired) electrons. The van der Waals surface area contributed by atoms with E-state index in [2.05, 4.69) is 0 Å². The van der Waals surface area contributed by atoms with E-state index < -0.39 is 42.8 Å². The van der Waals surface area contributed by atoms with Gasteiger partial charge in [0, 0.05) is 25.9 Å². The summed E-state index contributed by atoms with van der Waals surface area (Å²) in [6.07, 6.45) is 5.69. The van der Waals surface area contributed by atoms with Gasteiger partial charge in [0.2, 0.25) is 5.91 Å². The largest absolute Gasteiger partial charge is 0.460 e. The van der Waals surface area contributed by atoms with Crippen LogP contribution in [-0.4, -0.2) is 41.0 Å². The molecule has 1 aliphatic heterocycles. The highest BCUT2D eigenvalue weighted by atomic mass is 19.4. The molecule has 2 rings (SSSR count). The number of fused-ring (bicyclic) bond motifs is 1. The van der Waals surface area contributed by atoms with Crippen LogP contribution in [0.2, 0.25) is 0 Å². The maximum Gasteiger partial charge on any atom is 0.460 e. The van der Waals surface area contributed by atoms with E-state index in [-0.39, 0.29) is 6.42 Å². The van der Waals surface area contributed by atoms with Gasteiger partial charge in [-0.1, -0.05) is 44.9 Å². The SMILES string of the molecule is O=C(CCCCCCCCCCCn1cc2c(c1)OC=CO2)NCCC(F)(F)C(F)(F)C(F)(F)C(F)(F)F. The molecule has 0 fully saturated rings. The van der Waals surface area contributed by atoms with E-state index in [1.165, 1.54) is 12.5 Å². The molecule has 1 aliphatic rings. The molecule has 5 nitrogen and oxygen atoms in total. The predicted octanol–water partition coefficient (Wildman–Crippen LogP) is 7.61. The van der Waals surface area contributed by atoms with Crippen LogP contribution in [-0.2, 0) is 11.3 Å². The predicted molar refractivity (Wildman–Crippen MR) is 120 cm³/mol. The van der Waals surface area contributed by atoms with Crippen LogP contribution in [0, 0.1) is 0 Å². The van der Waals surface area contributed by atoms with Crippen molar-refractivity contribution in [2.45, 2.75) is 101 Å². The highest BCUT2D eigenvalue weighted by molar-refractivity contribution is 5.75. The molecule has 1 aromatic rings. The molecule has 14 heteroatoms. The normalized spacial score (nSPS) is 14.1. The standard InChI is InChI=1S/C24H31F9N2O3/c25-21(26,22(27,28)23(29,30)24(31,32)33)11-12-34-20(36)10-8-6-4-2-1-3-5-7-9-13-35-16-18-19(17-35)38-15-14-37-18/h14-17H,1-13H2,(H,34,36). The molecule has 0 aromatic carbocycles. The molecule has 0 bridgehead atoms. The van der Waals surface area contributed by atoms with E-state index in [9.17, 15) is 44.3 Å². The van der Waals surface area contributed by atoms with Gasteiger partial charge in [0.15, 0.2) is 11.5 Å². The Kier molecular flexibility index (Phi) is 11.3. The van der Waals surface area contributed by atoms with E-state index in [1.807, 2.05) is 22.3 Å². The average Bonchev–Trinajstić information content (AvgIpc) is 3.24. The zero-order valence-corrected chi connectivity index (χ0v) is 20.6. The Balaban J connectivity index is 1.47. The van der Waals surface area contributed by atoms with Gasteiger partial charge in [-0.05, 0) is 12.8 Å². The summed E-state index contributed by atoms with van der Waals surface area (Å²) in [5.41, 5.74) is 0. The van der Waals surface area contributed by atoms with Gasteiger partial charge in [-0.25, -0.2) is 0 Å². The molecule has 0 saturated carbocycles. The highest BCUT2D eigenvalue weighted by Gasteiger charge is 2.81. The number of hydrogen-bond acceptors (Lipinski definition) is 3. The molecule has 0 atom stereocenters. The van der Waals surface area contributed by atoms with E-state index in [1.54, 1.807) is 0 Å². The smallest absolute Gasteiger partial charge is 0.456 e. The van der Waals surface area contributed by atoms with Gasteiger partial charge in [0.1, 0.15) is 12.5 Å². The van der Waals surface area contributed by atoms with Gasteiger partial charge in [-0.15, -0.1) is 0 Å². The molecule has 1 N–H and O–H groups in total. The zero-order chi connectivity index (χ0) is 28.5. The summed E-state index contributed by atoms with van der Waals surface area (Å²) in [6.45, 7) is -0.317. The van der Waals surface area contributed by atoms with Gasteiger partial charge in [-0.2, -0.15) is 39.5 Å². The number of aryl methyl sites for hydroxylation is 1. The summed E-state index contributed by atoms with van der Waals surface area (Å²) in [5.74, 6) is -18.7. The third-order valence-corrected chi connectivity index (χ3v) is 6.05. The van der Waals surface area contributed by atoms with Crippen molar-refractivity contribution in [3.8, 4) is 11.5 Å². The van der Waals surface area contributed by atoms with Gasteiger partial charge in [0.05, 0.1) is 12.4 Å². The zero-order valence-electron chi connectivity index (χ0n) is 20.6. The molecule has 0 aliphatic carbocycles. The number of hydrogen-bond donors (Lipinski definition) is 1. The number of halogens is 9. The number of ether oxygens (including phenoxy) is 2. The number of amides is 1. The number of nitrogens with one attached hydrogen (secondary N) is 1. The number of aromatic nitrogens is 1. The molecule has 218 valence electrons. The Labute approximate surface area is 214 Å². The lowest BCUT2D eigenvalue weighted by Gasteiger charge is -2.33. The Hall–Kier alpha value is -2.54. The molecule has 38 heavy (non-hydrogen) atoms. The Morgan fingerprint density at radius 1 is 0.711 bits per heavy atom. The fourth-order valence-corrected chi connectivity index (χ4v) is 3.80. The number of alkyl halides is 9. The van der Waals surface area contributed by atoms with E-state index in [0.717, 1.165) is 51.5 Å². The first-order valence-corrected chi connectivity index (χ1v) is 12.3. The number of unbranched alkanes of at least 4 members (excludes halogenated alkanes) is 8. The highest BCUT2D eigenvalue weighted by Crippen LogP contribution is 2.53. The molecule has 0 spiro atoms. The van der Waals surface area contributed by atoms with Crippen LogP contribution in [0.4, 0.5) is 39.5 Å². The Morgan fingerprint density at radius 3 is 1.68 bits per heavy atom. The molecule has 1 aromatic heterocycles. The van der Waals surface area contributed by atoms with Crippen molar-refractivity contribution >= 4 is 5.91 Å². The van der Waals surface area contributed by atoms with Crippen molar-refractivity contribution in [2.24, 2.45) is 0 Å². The summed E-state index contributed by atoms with van der Waals surface area (Å²) in [4.78, 5) is 11.6. The fourth-order valence-electron chi connectivity index (χ4n) is 3.80. The van der Waals surface area contributed by atoms with Gasteiger partial charge in [-0.3, -0.25) is 4.79 Å². The third-order valence-electron chi connectivity index (χ3n) is 6.05. The Bertz CT molecular complexity index is 889. The molecule has 0 unspecified atom stereocenters. The minimum Gasteiger partial charge on any atom is -0.456 e. The van der Waals surface area contributed by atoms with Crippen LogP contribution < -0.4 is 14.8 Å². The van der Waals surface area contributed by atoms with Crippen molar-refractivity contribution in [2.75, 3.05) is 6.54 Å². The minimum absolute atomic E-state index is 0.102. The van der Waals surface area contributed by atoms with Crippen molar-refractivity contribution in [1.29, 1.82) is 0 Å². The number of carbonyl (C=O) groups is 1. The lowest BCUT2D eigenvalue weighted by molar-refractivity contribution is -0.396. The van der Waals surface area contributed by atoms with Gasteiger partial charge >= 0.3 is 23.9 Å². The molecular weight excluding hydrogens is 535 g/mol. The third kappa shape index (κ3) is 8.48. The molecule has 0 saturated heterocycles. The van der Waals surface area contributed by atoms with E-state index in [4.69, 9.17) is 9.47 Å². The van der Waals surface area contributed by atoms with E-state index >= 15 is 0 Å². The van der Waals surface area contributed by atoms with Crippen molar-refractivity contribution < 1.29 is 53.8 Å². The van der Waals surface area contributed by atoms with Crippen LogP contribution in [0.5, 0.6) is 11.5 Å². The lowest BCUT2D eigenvalue weighted by Crippen LogP contribution is -2.61. The van der Waals surface area contributed by atoms with Gasteiger partial charge < -0.3 is 19.4 Å². The number of nitrogens with zero attached hydrogens (tertiary/aromatic N) is 1. The summed E-state index contributed by atoms with van der Waals surface area (Å²) in [7, 11) is 0. The maximum atomic E-state index is 13.4. The van der Waals surface area contributed by atoms with Crippen molar-refractivity contribution in [1.82, 2.24) is 9.88 Å². The monoisotopic (exact) mass is 566 g/mol. The first-order valence-electron chi connectivity index (χ1n) is 12.3. The summed E-state index contributed by atoms with van der Waals surface area (Å²) in [5, 5.41) is 1.86. The van der Waals surface area contributed by atoms with Crippen LogP contribution >= 0.6 is 0 Å². The van der Waals surface area contributed by atoms with Crippen LogP contribution in [0.15, 0.2) is 24.9 Å². The second-order valence-electron chi connectivity index (χ2n) is 9.12. The molecule has 1 amide bonds. The average molecular weight is 567 g/mol. The second kappa shape index (κ2) is 13.5. The maximum absolute atomic E-state index is 13.4. The van der Waals surface area contributed by atoms with Crippen LogP contribution in [0.3, 0.4) is 0 Å². The Morgan fingerprint density at radius 2 is 1.18 bits per heavy atom. The summed E-state index contributed by atoms with van der Waals surface area (Å²) >= 11 is 0. The van der Waals surface area contributed by atoms with Crippen LogP contribution in [0.25, 0.3) is 0 Å². The first-order chi connectivity index (χ1) is 17.7. The number of carbonyl (C=O) groups excluding carboxylic acids is 1. The van der Waals surface area contributed by atoms with E-state index in [0.29, 0.717) is 24.3 Å². The fraction of sp³-hybridized carbons (Fsp3) is 0.708. The van der Waals surface area contributed by atoms with Gasteiger partial charge in [0.25, 0.3) is 0 Å². The summed E-state index contributed by atoms with van der Waals surface area (Å²) in [6, 6.07) is 0.